The summed E-state index contributed by atoms with van der Waals surface area (Å²) in [7, 11) is 0. The van der Waals surface area contributed by atoms with Crippen LogP contribution < -0.4 is 5.76 Å². The van der Waals surface area contributed by atoms with E-state index in [4.69, 9.17) is 28.2 Å². The van der Waals surface area contributed by atoms with E-state index in [1.54, 1.807) is 30.3 Å². The van der Waals surface area contributed by atoms with E-state index in [2.05, 4.69) is 15.9 Å². The molecule has 1 aromatic heterocycles. The number of halogens is 2. The zero-order chi connectivity index (χ0) is 14.3. The van der Waals surface area contributed by atoms with Gasteiger partial charge in [-0.2, -0.15) is 0 Å². The number of aromatic nitrogens is 1. The van der Waals surface area contributed by atoms with Crippen molar-refractivity contribution in [1.29, 1.82) is 0 Å². The first-order chi connectivity index (χ1) is 9.56. The van der Waals surface area contributed by atoms with Crippen LogP contribution in [0.25, 0.3) is 16.7 Å². The third-order valence-corrected chi connectivity index (χ3v) is 4.01. The van der Waals surface area contributed by atoms with E-state index in [0.717, 1.165) is 4.47 Å². The quantitative estimate of drug-likeness (QED) is 0.583. The number of fused-ring (bicyclic) bond motifs is 1. The monoisotopic (exact) mass is 367 g/mol. The molecule has 6 heteroatoms. The second-order valence-corrected chi connectivity index (χ2v) is 5.86. The van der Waals surface area contributed by atoms with E-state index >= 15 is 0 Å². The molecule has 1 heterocycles. The van der Waals surface area contributed by atoms with Gasteiger partial charge in [0.2, 0.25) is 0 Å². The van der Waals surface area contributed by atoms with Crippen LogP contribution in [0.1, 0.15) is 0 Å². The average Bonchev–Trinajstić information content (AvgIpc) is 2.42. The fraction of sp³-hybridized carbons (Fsp3) is 0. The van der Waals surface area contributed by atoms with Gasteiger partial charge in [-0.05, 0) is 42.5 Å². The van der Waals surface area contributed by atoms with Crippen molar-refractivity contribution < 1.29 is 4.42 Å². The molecule has 0 bridgehead atoms. The molecular weight excluding hydrogens is 362 g/mol. The minimum Gasteiger partial charge on any atom is -0.409 e. The van der Waals surface area contributed by atoms with E-state index in [1.165, 1.54) is 4.57 Å². The molecule has 0 saturated carbocycles. The maximum Gasteiger partial charge on any atom is 0.425 e. The van der Waals surface area contributed by atoms with Gasteiger partial charge in [0.15, 0.2) is 0 Å². The number of hydrogen-bond acceptors (Lipinski definition) is 3. The van der Waals surface area contributed by atoms with Crippen LogP contribution in [-0.4, -0.2) is 4.57 Å². The maximum absolute atomic E-state index is 12.1. The topological polar surface area (TPSA) is 35.1 Å². The predicted octanol–water partition coefficient (Wildman–Crippen LogP) is 4.73. The Morgan fingerprint density at radius 3 is 2.55 bits per heavy atom. The summed E-state index contributed by atoms with van der Waals surface area (Å²) in [6, 6.07) is 12.2. The van der Waals surface area contributed by atoms with E-state index in [-0.39, 0.29) is 0 Å². The lowest BCUT2D eigenvalue weighted by atomic mass is 10.2. The standard InChI is InChI=1S/C14H7BrClNO2S/c15-8-1-4-10(5-2-8)17-13(20)11-7-9(16)3-6-12(11)19-14(17)18/h1-7H. The smallest absolute Gasteiger partial charge is 0.409 e. The molecule has 0 aliphatic heterocycles. The first-order valence-electron chi connectivity index (χ1n) is 5.67. The molecular formula is C14H7BrClNO2S. The van der Waals surface area contributed by atoms with Crippen LogP contribution in [0, 0.1) is 4.64 Å². The SMILES string of the molecule is O=c1oc2ccc(Cl)cc2c(=S)n1-c1ccc(Br)cc1. The lowest BCUT2D eigenvalue weighted by molar-refractivity contribution is 0.507. The van der Waals surface area contributed by atoms with Crippen LogP contribution in [0.2, 0.25) is 5.02 Å². The van der Waals surface area contributed by atoms with Crippen molar-refractivity contribution in [2.75, 3.05) is 0 Å². The molecule has 3 aromatic rings. The Balaban J connectivity index is 2.39. The van der Waals surface area contributed by atoms with Gasteiger partial charge in [0.25, 0.3) is 0 Å². The molecule has 0 aliphatic carbocycles. The first kappa shape index (κ1) is 13.5. The van der Waals surface area contributed by atoms with Gasteiger partial charge in [0, 0.05) is 9.50 Å². The molecule has 0 saturated heterocycles. The minimum absolute atomic E-state index is 0.376. The molecule has 0 fully saturated rings. The third-order valence-electron chi connectivity index (χ3n) is 2.84. The molecule has 20 heavy (non-hydrogen) atoms. The largest absolute Gasteiger partial charge is 0.425 e. The van der Waals surface area contributed by atoms with E-state index in [9.17, 15) is 4.79 Å². The highest BCUT2D eigenvalue weighted by Crippen LogP contribution is 2.21. The van der Waals surface area contributed by atoms with Crippen molar-refractivity contribution >= 4 is 50.7 Å². The van der Waals surface area contributed by atoms with Crippen molar-refractivity contribution in [3.05, 3.63) is 67.2 Å². The first-order valence-corrected chi connectivity index (χ1v) is 7.25. The van der Waals surface area contributed by atoms with Crippen LogP contribution in [0.4, 0.5) is 0 Å². The summed E-state index contributed by atoms with van der Waals surface area (Å²) in [6.45, 7) is 0. The Morgan fingerprint density at radius 1 is 1.15 bits per heavy atom. The van der Waals surface area contributed by atoms with Gasteiger partial charge in [-0.1, -0.05) is 39.7 Å². The minimum atomic E-state index is -0.521. The average molecular weight is 369 g/mol. The lowest BCUT2D eigenvalue weighted by Crippen LogP contribution is -2.17. The van der Waals surface area contributed by atoms with Crippen molar-refractivity contribution in [3.8, 4) is 5.69 Å². The fourth-order valence-corrected chi connectivity index (χ4v) is 2.69. The van der Waals surface area contributed by atoms with Gasteiger partial charge in [0.1, 0.15) is 10.2 Å². The Kier molecular flexibility index (Phi) is 3.50. The Labute approximate surface area is 132 Å². The van der Waals surface area contributed by atoms with E-state index in [1.807, 2.05) is 12.1 Å². The number of rotatable bonds is 1. The molecule has 100 valence electrons. The fourth-order valence-electron chi connectivity index (χ4n) is 1.91. The zero-order valence-electron chi connectivity index (χ0n) is 9.97. The molecule has 0 amide bonds. The summed E-state index contributed by atoms with van der Waals surface area (Å²) in [5, 5.41) is 1.18. The van der Waals surface area contributed by atoms with Crippen LogP contribution in [0.3, 0.4) is 0 Å². The van der Waals surface area contributed by atoms with Crippen molar-refractivity contribution in [2.24, 2.45) is 0 Å². The zero-order valence-corrected chi connectivity index (χ0v) is 13.1. The van der Waals surface area contributed by atoms with Gasteiger partial charge in [0.05, 0.1) is 11.1 Å². The molecule has 0 aliphatic rings. The number of nitrogens with zero attached hydrogens (tertiary/aromatic N) is 1. The van der Waals surface area contributed by atoms with E-state index < -0.39 is 5.76 Å². The Hall–Kier alpha value is -1.43. The molecule has 0 spiro atoms. The van der Waals surface area contributed by atoms with E-state index in [0.29, 0.717) is 26.3 Å². The van der Waals surface area contributed by atoms with Crippen molar-refractivity contribution in [2.45, 2.75) is 0 Å². The summed E-state index contributed by atoms with van der Waals surface area (Å²) in [5.41, 5.74) is 1.08. The highest BCUT2D eigenvalue weighted by molar-refractivity contribution is 9.10. The number of benzene rings is 2. The van der Waals surface area contributed by atoms with Crippen LogP contribution in [-0.2, 0) is 0 Å². The normalized spacial score (nSPS) is 10.9. The summed E-state index contributed by atoms with van der Waals surface area (Å²) < 4.78 is 7.92. The Bertz CT molecular complexity index is 915. The van der Waals surface area contributed by atoms with Crippen molar-refractivity contribution in [3.63, 3.8) is 0 Å². The maximum atomic E-state index is 12.1. The van der Waals surface area contributed by atoms with Gasteiger partial charge < -0.3 is 4.42 Å². The lowest BCUT2D eigenvalue weighted by Gasteiger charge is -2.07. The summed E-state index contributed by atoms with van der Waals surface area (Å²) in [6.07, 6.45) is 0. The highest BCUT2D eigenvalue weighted by Gasteiger charge is 2.09. The molecule has 0 radical (unpaired) electrons. The second kappa shape index (κ2) is 5.16. The molecule has 0 atom stereocenters. The highest BCUT2D eigenvalue weighted by atomic mass is 79.9. The molecule has 3 rings (SSSR count). The molecule has 0 N–H and O–H groups in total. The summed E-state index contributed by atoms with van der Waals surface area (Å²) >= 11 is 14.7. The summed E-state index contributed by atoms with van der Waals surface area (Å²) in [5.74, 6) is -0.521. The molecule has 0 unspecified atom stereocenters. The van der Waals surface area contributed by atoms with Crippen LogP contribution >= 0.6 is 39.7 Å². The Morgan fingerprint density at radius 2 is 1.85 bits per heavy atom. The van der Waals surface area contributed by atoms with Gasteiger partial charge >= 0.3 is 5.76 Å². The second-order valence-electron chi connectivity index (χ2n) is 4.13. The van der Waals surface area contributed by atoms with Crippen LogP contribution in [0.5, 0.6) is 0 Å². The van der Waals surface area contributed by atoms with Gasteiger partial charge in [-0.3, -0.25) is 0 Å². The number of hydrogen-bond donors (Lipinski definition) is 0. The third kappa shape index (κ3) is 2.32. The molecule has 2 aromatic carbocycles. The molecule has 3 nitrogen and oxygen atoms in total. The predicted molar refractivity (Wildman–Crippen MR) is 85.4 cm³/mol. The van der Waals surface area contributed by atoms with Crippen LogP contribution in [0.15, 0.2) is 56.1 Å². The summed E-state index contributed by atoms with van der Waals surface area (Å²) in [4.78, 5) is 12.1. The van der Waals surface area contributed by atoms with Gasteiger partial charge in [-0.15, -0.1) is 0 Å². The van der Waals surface area contributed by atoms with Gasteiger partial charge in [-0.25, -0.2) is 9.36 Å². The van der Waals surface area contributed by atoms with Crippen molar-refractivity contribution in [1.82, 2.24) is 4.57 Å².